The van der Waals surface area contributed by atoms with Crippen LogP contribution in [-0.4, -0.2) is 74.5 Å². The van der Waals surface area contributed by atoms with E-state index in [0.29, 0.717) is 31.9 Å². The molecule has 1 aromatic heterocycles. The number of carbonyl (C=O) groups excluding carboxylic acids is 1. The highest BCUT2D eigenvalue weighted by atomic mass is 16.4. The van der Waals surface area contributed by atoms with Crippen molar-refractivity contribution < 1.29 is 14.7 Å². The average Bonchev–Trinajstić information content (AvgIpc) is 2.75. The molecule has 1 aliphatic heterocycles. The fraction of sp³-hybridized carbons (Fsp3) is 0.600. The molecule has 98 valence electrons. The zero-order chi connectivity index (χ0) is 13.1. The van der Waals surface area contributed by atoms with Crippen molar-refractivity contribution in [3.8, 4) is 0 Å². The van der Waals surface area contributed by atoms with E-state index < -0.39 is 5.97 Å². The number of carbonyl (C=O) groups is 2. The van der Waals surface area contributed by atoms with E-state index in [1.807, 2.05) is 4.90 Å². The Morgan fingerprint density at radius 3 is 2.50 bits per heavy atom. The molecule has 0 atom stereocenters. The van der Waals surface area contributed by atoms with Gasteiger partial charge in [-0.05, 0) is 0 Å². The highest BCUT2D eigenvalue weighted by molar-refractivity contribution is 5.92. The Labute approximate surface area is 104 Å². The summed E-state index contributed by atoms with van der Waals surface area (Å²) in [5, 5.41) is 16.2. The van der Waals surface area contributed by atoms with Gasteiger partial charge in [0.15, 0.2) is 5.69 Å². The quantitative estimate of drug-likeness (QED) is 0.716. The Kier molecular flexibility index (Phi) is 3.56. The molecule has 2 rings (SSSR count). The lowest BCUT2D eigenvalue weighted by Crippen LogP contribution is -2.50. The largest absolute Gasteiger partial charge is 0.480 e. The van der Waals surface area contributed by atoms with Crippen LogP contribution < -0.4 is 0 Å². The van der Waals surface area contributed by atoms with Crippen LogP contribution in [0.15, 0.2) is 6.20 Å². The van der Waals surface area contributed by atoms with Crippen molar-refractivity contribution in [2.45, 2.75) is 0 Å². The first-order valence-corrected chi connectivity index (χ1v) is 5.66. The molecule has 1 saturated heterocycles. The van der Waals surface area contributed by atoms with Gasteiger partial charge < -0.3 is 10.0 Å². The molecule has 8 nitrogen and oxygen atoms in total. The Morgan fingerprint density at radius 2 is 2.00 bits per heavy atom. The van der Waals surface area contributed by atoms with E-state index in [0.717, 1.165) is 0 Å². The van der Waals surface area contributed by atoms with Crippen molar-refractivity contribution in [2.24, 2.45) is 7.05 Å². The fourth-order valence-electron chi connectivity index (χ4n) is 1.91. The average molecular weight is 253 g/mol. The Bertz CT molecular complexity index is 450. The summed E-state index contributed by atoms with van der Waals surface area (Å²) in [7, 11) is 1.70. The van der Waals surface area contributed by atoms with E-state index in [1.54, 1.807) is 18.1 Å². The predicted molar refractivity (Wildman–Crippen MR) is 61.0 cm³/mol. The number of amides is 1. The molecular formula is C10H15N5O3. The molecule has 0 radical (unpaired) electrons. The number of nitrogens with zero attached hydrogens (tertiary/aromatic N) is 5. The van der Waals surface area contributed by atoms with Crippen molar-refractivity contribution in [2.75, 3.05) is 32.7 Å². The van der Waals surface area contributed by atoms with Gasteiger partial charge in [0.05, 0.1) is 12.7 Å². The van der Waals surface area contributed by atoms with Crippen LogP contribution in [0.25, 0.3) is 0 Å². The summed E-state index contributed by atoms with van der Waals surface area (Å²) in [5.41, 5.74) is 0.323. The molecular weight excluding hydrogens is 238 g/mol. The molecule has 2 heterocycles. The first kappa shape index (κ1) is 12.5. The van der Waals surface area contributed by atoms with E-state index in [1.165, 1.54) is 4.68 Å². The van der Waals surface area contributed by atoms with Gasteiger partial charge in [-0.15, -0.1) is 5.10 Å². The molecule has 1 aliphatic rings. The van der Waals surface area contributed by atoms with Crippen LogP contribution in [0.3, 0.4) is 0 Å². The molecule has 0 aliphatic carbocycles. The second-order valence-corrected chi connectivity index (χ2v) is 4.24. The van der Waals surface area contributed by atoms with Crippen LogP contribution in [0.1, 0.15) is 10.5 Å². The van der Waals surface area contributed by atoms with Crippen LogP contribution in [0.2, 0.25) is 0 Å². The summed E-state index contributed by atoms with van der Waals surface area (Å²) in [4.78, 5) is 26.1. The number of hydrogen-bond acceptors (Lipinski definition) is 5. The van der Waals surface area contributed by atoms with Crippen molar-refractivity contribution in [3.63, 3.8) is 0 Å². The molecule has 1 amide bonds. The normalized spacial score (nSPS) is 16.8. The van der Waals surface area contributed by atoms with E-state index >= 15 is 0 Å². The first-order valence-electron chi connectivity index (χ1n) is 5.66. The van der Waals surface area contributed by atoms with Crippen LogP contribution in [0, 0.1) is 0 Å². The van der Waals surface area contributed by atoms with E-state index in [-0.39, 0.29) is 12.5 Å². The van der Waals surface area contributed by atoms with Gasteiger partial charge in [-0.1, -0.05) is 5.21 Å². The Balaban J connectivity index is 1.90. The van der Waals surface area contributed by atoms with Crippen LogP contribution in [0.4, 0.5) is 0 Å². The summed E-state index contributed by atoms with van der Waals surface area (Å²) in [5.74, 6) is -0.998. The molecule has 0 spiro atoms. The number of piperazine rings is 1. The number of aryl methyl sites for hydroxylation is 1. The fourth-order valence-corrected chi connectivity index (χ4v) is 1.91. The summed E-state index contributed by atoms with van der Waals surface area (Å²) in [6, 6.07) is 0. The van der Waals surface area contributed by atoms with Gasteiger partial charge in [0.25, 0.3) is 5.91 Å². The van der Waals surface area contributed by atoms with Crippen molar-refractivity contribution in [3.05, 3.63) is 11.9 Å². The lowest BCUT2D eigenvalue weighted by Gasteiger charge is -2.33. The molecule has 0 bridgehead atoms. The van der Waals surface area contributed by atoms with E-state index in [2.05, 4.69) is 10.3 Å². The topological polar surface area (TPSA) is 91.6 Å². The standard InChI is InChI=1S/C10H15N5O3/c1-13-6-8(11-12-13)10(18)15-4-2-14(3-5-15)7-9(16)17/h6H,2-5,7H2,1H3,(H,16,17). The first-order chi connectivity index (χ1) is 8.56. The van der Waals surface area contributed by atoms with E-state index in [9.17, 15) is 9.59 Å². The Morgan fingerprint density at radius 1 is 1.33 bits per heavy atom. The number of aliphatic carboxylic acids is 1. The third-order valence-corrected chi connectivity index (χ3v) is 2.84. The smallest absolute Gasteiger partial charge is 0.317 e. The predicted octanol–water partition coefficient (Wildman–Crippen LogP) is -1.34. The Hall–Kier alpha value is -1.96. The maximum absolute atomic E-state index is 12.0. The van der Waals surface area contributed by atoms with Crippen LogP contribution in [0.5, 0.6) is 0 Å². The minimum Gasteiger partial charge on any atom is -0.480 e. The van der Waals surface area contributed by atoms with Gasteiger partial charge in [0, 0.05) is 33.2 Å². The zero-order valence-electron chi connectivity index (χ0n) is 10.1. The van der Waals surface area contributed by atoms with Gasteiger partial charge in [-0.2, -0.15) is 0 Å². The maximum atomic E-state index is 12.0. The summed E-state index contributed by atoms with van der Waals surface area (Å²) in [6.07, 6.45) is 1.58. The zero-order valence-corrected chi connectivity index (χ0v) is 10.1. The van der Waals surface area contributed by atoms with Crippen LogP contribution in [-0.2, 0) is 11.8 Å². The van der Waals surface area contributed by atoms with Gasteiger partial charge in [0.2, 0.25) is 0 Å². The molecule has 0 unspecified atom stereocenters. The number of rotatable bonds is 3. The molecule has 1 fully saturated rings. The number of carboxylic acids is 1. The minimum atomic E-state index is -0.844. The summed E-state index contributed by atoms with van der Waals surface area (Å²) in [6.45, 7) is 2.19. The molecule has 0 aromatic carbocycles. The number of carboxylic acid groups (broad SMARTS) is 1. The van der Waals surface area contributed by atoms with Crippen molar-refractivity contribution >= 4 is 11.9 Å². The molecule has 0 saturated carbocycles. The summed E-state index contributed by atoms with van der Waals surface area (Å²) >= 11 is 0. The molecule has 18 heavy (non-hydrogen) atoms. The third-order valence-electron chi connectivity index (χ3n) is 2.84. The van der Waals surface area contributed by atoms with Gasteiger partial charge in [0.1, 0.15) is 0 Å². The SMILES string of the molecule is Cn1cc(C(=O)N2CCN(CC(=O)O)CC2)nn1. The summed E-state index contributed by atoms with van der Waals surface area (Å²) < 4.78 is 1.48. The second kappa shape index (κ2) is 5.13. The second-order valence-electron chi connectivity index (χ2n) is 4.24. The monoisotopic (exact) mass is 253 g/mol. The van der Waals surface area contributed by atoms with Crippen LogP contribution >= 0.6 is 0 Å². The minimum absolute atomic E-state index is 0.0210. The number of hydrogen-bond donors (Lipinski definition) is 1. The molecule has 8 heteroatoms. The molecule has 1 N–H and O–H groups in total. The molecule has 1 aromatic rings. The van der Waals surface area contributed by atoms with Crippen molar-refractivity contribution in [1.82, 2.24) is 24.8 Å². The lowest BCUT2D eigenvalue weighted by molar-refractivity contribution is -0.138. The number of aromatic nitrogens is 3. The highest BCUT2D eigenvalue weighted by Crippen LogP contribution is 2.06. The highest BCUT2D eigenvalue weighted by Gasteiger charge is 2.24. The van der Waals surface area contributed by atoms with Crippen molar-refractivity contribution in [1.29, 1.82) is 0 Å². The van der Waals surface area contributed by atoms with Gasteiger partial charge in [-0.3, -0.25) is 19.2 Å². The van der Waals surface area contributed by atoms with Gasteiger partial charge in [-0.25, -0.2) is 0 Å². The van der Waals surface area contributed by atoms with E-state index in [4.69, 9.17) is 5.11 Å². The third kappa shape index (κ3) is 2.83. The maximum Gasteiger partial charge on any atom is 0.317 e. The lowest BCUT2D eigenvalue weighted by atomic mass is 10.3. The van der Waals surface area contributed by atoms with Gasteiger partial charge >= 0.3 is 5.97 Å².